The van der Waals surface area contributed by atoms with Crippen molar-refractivity contribution in [1.29, 1.82) is 0 Å². The lowest BCUT2D eigenvalue weighted by molar-refractivity contribution is 0.265. The van der Waals surface area contributed by atoms with E-state index in [2.05, 4.69) is 38.2 Å². The minimum atomic E-state index is 0.199. The Morgan fingerprint density at radius 1 is 1.59 bits per heavy atom. The Kier molecular flexibility index (Phi) is 3.23. The SMILES string of the molecule is C=C[C@]1(C)C(C)CC[C@H]1C(=C)Cn1cccn1. The molecule has 0 saturated heterocycles. The third-order valence-electron chi connectivity index (χ3n) is 4.56. The third kappa shape index (κ3) is 2.08. The minimum Gasteiger partial charge on any atom is -0.269 e. The highest BCUT2D eigenvalue weighted by Crippen LogP contribution is 2.51. The standard InChI is InChI=1S/C15H22N2/c1-5-15(4)13(3)7-8-14(15)12(2)11-17-10-6-9-16-17/h5-6,9-10,13-14H,1-2,7-8,11H2,3-4H3/t13?,14-,15+/m0/s1. The van der Waals surface area contributed by atoms with Crippen LogP contribution in [0, 0.1) is 17.3 Å². The molecule has 0 aliphatic heterocycles. The third-order valence-corrected chi connectivity index (χ3v) is 4.56. The van der Waals surface area contributed by atoms with Crippen LogP contribution in [0.15, 0.2) is 43.3 Å². The number of aromatic nitrogens is 2. The second kappa shape index (κ2) is 4.52. The lowest BCUT2D eigenvalue weighted by Crippen LogP contribution is -2.27. The molecular weight excluding hydrogens is 208 g/mol. The van der Waals surface area contributed by atoms with Crippen LogP contribution in [-0.2, 0) is 6.54 Å². The van der Waals surface area contributed by atoms with Crippen LogP contribution in [0.4, 0.5) is 0 Å². The van der Waals surface area contributed by atoms with Gasteiger partial charge in [0.25, 0.3) is 0 Å². The van der Waals surface area contributed by atoms with Crippen molar-refractivity contribution >= 4 is 0 Å². The van der Waals surface area contributed by atoms with Gasteiger partial charge in [-0.2, -0.15) is 5.10 Å². The van der Waals surface area contributed by atoms with E-state index in [0.29, 0.717) is 11.8 Å². The monoisotopic (exact) mass is 230 g/mol. The fourth-order valence-electron chi connectivity index (χ4n) is 3.08. The largest absolute Gasteiger partial charge is 0.269 e. The van der Waals surface area contributed by atoms with E-state index in [1.54, 1.807) is 0 Å². The molecule has 2 heteroatoms. The van der Waals surface area contributed by atoms with Gasteiger partial charge in [0.2, 0.25) is 0 Å². The second-order valence-corrected chi connectivity index (χ2v) is 5.46. The first kappa shape index (κ1) is 12.2. The zero-order chi connectivity index (χ0) is 12.5. The highest BCUT2D eigenvalue weighted by Gasteiger charge is 2.42. The van der Waals surface area contributed by atoms with Crippen LogP contribution in [0.25, 0.3) is 0 Å². The molecule has 1 aliphatic rings. The molecule has 17 heavy (non-hydrogen) atoms. The summed E-state index contributed by atoms with van der Waals surface area (Å²) in [6.07, 6.45) is 8.44. The van der Waals surface area contributed by atoms with Crippen LogP contribution in [0.3, 0.4) is 0 Å². The summed E-state index contributed by atoms with van der Waals surface area (Å²) in [6, 6.07) is 1.96. The summed E-state index contributed by atoms with van der Waals surface area (Å²) >= 11 is 0. The molecule has 1 aromatic rings. The molecule has 1 fully saturated rings. The molecule has 0 bridgehead atoms. The van der Waals surface area contributed by atoms with Gasteiger partial charge in [0.1, 0.15) is 0 Å². The van der Waals surface area contributed by atoms with E-state index < -0.39 is 0 Å². The predicted octanol–water partition coefficient (Wildman–Crippen LogP) is 3.68. The van der Waals surface area contributed by atoms with Crippen molar-refractivity contribution in [2.75, 3.05) is 0 Å². The molecule has 2 rings (SSSR count). The van der Waals surface area contributed by atoms with Gasteiger partial charge in [-0.3, -0.25) is 4.68 Å². The lowest BCUT2D eigenvalue weighted by Gasteiger charge is -2.33. The van der Waals surface area contributed by atoms with Gasteiger partial charge in [0.05, 0.1) is 6.54 Å². The first-order chi connectivity index (χ1) is 8.08. The summed E-state index contributed by atoms with van der Waals surface area (Å²) in [5, 5.41) is 4.25. The Bertz CT molecular complexity index is 405. The number of hydrogen-bond donors (Lipinski definition) is 0. The van der Waals surface area contributed by atoms with Crippen molar-refractivity contribution < 1.29 is 0 Å². The van der Waals surface area contributed by atoms with E-state index in [9.17, 15) is 0 Å². The fraction of sp³-hybridized carbons (Fsp3) is 0.533. The summed E-state index contributed by atoms with van der Waals surface area (Å²) in [6.45, 7) is 13.8. The Hall–Kier alpha value is -1.31. The topological polar surface area (TPSA) is 17.8 Å². The summed E-state index contributed by atoms with van der Waals surface area (Å²) in [7, 11) is 0. The molecular formula is C15H22N2. The normalized spacial score (nSPS) is 32.6. The van der Waals surface area contributed by atoms with Gasteiger partial charge < -0.3 is 0 Å². The van der Waals surface area contributed by atoms with Crippen molar-refractivity contribution in [3.8, 4) is 0 Å². The van der Waals surface area contributed by atoms with Crippen molar-refractivity contribution in [2.45, 2.75) is 33.2 Å². The summed E-state index contributed by atoms with van der Waals surface area (Å²) in [5.74, 6) is 1.23. The molecule has 0 amide bonds. The van der Waals surface area contributed by atoms with Gasteiger partial charge >= 0.3 is 0 Å². The number of allylic oxidation sites excluding steroid dienone is 2. The van der Waals surface area contributed by atoms with Gasteiger partial charge in [-0.25, -0.2) is 0 Å². The van der Waals surface area contributed by atoms with Gasteiger partial charge in [-0.05, 0) is 36.2 Å². The average molecular weight is 230 g/mol. The molecule has 1 unspecified atom stereocenters. The quantitative estimate of drug-likeness (QED) is 0.721. The molecule has 0 radical (unpaired) electrons. The minimum absolute atomic E-state index is 0.199. The molecule has 0 N–H and O–H groups in total. The highest BCUT2D eigenvalue weighted by atomic mass is 15.3. The molecule has 1 heterocycles. The maximum Gasteiger partial charge on any atom is 0.0619 e. The molecule has 3 atom stereocenters. The smallest absolute Gasteiger partial charge is 0.0619 e. The van der Waals surface area contributed by atoms with E-state index in [0.717, 1.165) is 6.54 Å². The number of hydrogen-bond acceptors (Lipinski definition) is 1. The number of rotatable bonds is 4. The molecule has 2 nitrogen and oxygen atoms in total. The highest BCUT2D eigenvalue weighted by molar-refractivity contribution is 5.16. The molecule has 92 valence electrons. The first-order valence-corrected chi connectivity index (χ1v) is 6.36. The first-order valence-electron chi connectivity index (χ1n) is 6.36. The molecule has 1 aliphatic carbocycles. The fourth-order valence-corrected chi connectivity index (χ4v) is 3.08. The van der Waals surface area contributed by atoms with Crippen molar-refractivity contribution in [2.24, 2.45) is 17.3 Å². The molecule has 1 aromatic heterocycles. The summed E-state index contributed by atoms with van der Waals surface area (Å²) in [5.41, 5.74) is 1.48. The zero-order valence-corrected chi connectivity index (χ0v) is 10.9. The zero-order valence-electron chi connectivity index (χ0n) is 10.9. The van der Waals surface area contributed by atoms with Crippen LogP contribution < -0.4 is 0 Å². The van der Waals surface area contributed by atoms with Crippen molar-refractivity contribution in [1.82, 2.24) is 9.78 Å². The van der Waals surface area contributed by atoms with Crippen molar-refractivity contribution in [3.63, 3.8) is 0 Å². The predicted molar refractivity (Wildman–Crippen MR) is 71.6 cm³/mol. The van der Waals surface area contributed by atoms with Crippen LogP contribution in [0.2, 0.25) is 0 Å². The lowest BCUT2D eigenvalue weighted by atomic mass is 9.72. The Morgan fingerprint density at radius 3 is 2.94 bits per heavy atom. The molecule has 0 spiro atoms. The van der Waals surface area contributed by atoms with E-state index in [4.69, 9.17) is 0 Å². The second-order valence-electron chi connectivity index (χ2n) is 5.46. The van der Waals surface area contributed by atoms with Crippen molar-refractivity contribution in [3.05, 3.63) is 43.3 Å². The molecule has 0 aromatic carbocycles. The Balaban J connectivity index is 2.12. The maximum absolute atomic E-state index is 4.28. The van der Waals surface area contributed by atoms with Crippen LogP contribution in [0.1, 0.15) is 26.7 Å². The Labute approximate surface area is 104 Å². The van der Waals surface area contributed by atoms with E-state index in [1.165, 1.54) is 18.4 Å². The average Bonchev–Trinajstić information content (AvgIpc) is 2.89. The van der Waals surface area contributed by atoms with E-state index >= 15 is 0 Å². The van der Waals surface area contributed by atoms with Gasteiger partial charge in [-0.1, -0.05) is 32.1 Å². The van der Waals surface area contributed by atoms with Crippen LogP contribution in [-0.4, -0.2) is 9.78 Å². The van der Waals surface area contributed by atoms with E-state index in [-0.39, 0.29) is 5.41 Å². The van der Waals surface area contributed by atoms with E-state index in [1.807, 2.05) is 23.1 Å². The van der Waals surface area contributed by atoms with Crippen LogP contribution in [0.5, 0.6) is 0 Å². The summed E-state index contributed by atoms with van der Waals surface area (Å²) < 4.78 is 1.95. The molecule has 1 saturated carbocycles. The van der Waals surface area contributed by atoms with Gasteiger partial charge in [0.15, 0.2) is 0 Å². The number of nitrogens with zero attached hydrogens (tertiary/aromatic N) is 2. The van der Waals surface area contributed by atoms with Crippen LogP contribution >= 0.6 is 0 Å². The maximum atomic E-state index is 4.28. The van der Waals surface area contributed by atoms with Gasteiger partial charge in [0, 0.05) is 12.4 Å². The Morgan fingerprint density at radius 2 is 2.35 bits per heavy atom. The summed E-state index contributed by atoms with van der Waals surface area (Å²) in [4.78, 5) is 0. The van der Waals surface area contributed by atoms with Gasteiger partial charge in [-0.15, -0.1) is 6.58 Å².